The van der Waals surface area contributed by atoms with Gasteiger partial charge in [0.25, 0.3) is 0 Å². The number of hydrogen-bond donors (Lipinski definition) is 0. The van der Waals surface area contributed by atoms with Crippen LogP contribution in [-0.2, 0) is 0 Å². The van der Waals surface area contributed by atoms with Crippen molar-refractivity contribution in [3.8, 4) is 33.4 Å². The third-order valence-electron chi connectivity index (χ3n) is 10.6. The van der Waals surface area contributed by atoms with Gasteiger partial charge in [0.15, 0.2) is 0 Å². The highest BCUT2D eigenvalue weighted by Crippen LogP contribution is 2.45. The lowest BCUT2D eigenvalue weighted by molar-refractivity contribution is 1.30. The molecule has 53 heavy (non-hydrogen) atoms. The Bertz CT molecular complexity index is 2930. The Kier molecular flexibility index (Phi) is 7.55. The first-order valence-electron chi connectivity index (χ1n) is 18.3. The quantitative estimate of drug-likeness (QED) is 0.159. The van der Waals surface area contributed by atoms with Gasteiger partial charge in [0.05, 0.1) is 5.69 Å². The molecule has 0 unspecified atom stereocenters. The van der Waals surface area contributed by atoms with E-state index in [9.17, 15) is 0 Å². The first kappa shape index (κ1) is 30.8. The van der Waals surface area contributed by atoms with E-state index < -0.39 is 0 Å². The molecule has 0 aliphatic rings. The number of hydrogen-bond acceptors (Lipinski definition) is 1. The highest BCUT2D eigenvalue weighted by molar-refractivity contribution is 6.22. The Hall–Kier alpha value is -6.96. The van der Waals surface area contributed by atoms with Crippen LogP contribution in [0.5, 0.6) is 0 Å². The zero-order valence-electron chi connectivity index (χ0n) is 29.2. The van der Waals surface area contributed by atoms with Crippen LogP contribution in [0.15, 0.2) is 212 Å². The Morgan fingerprint density at radius 1 is 0.245 bits per heavy atom. The van der Waals surface area contributed by atoms with Gasteiger partial charge < -0.3 is 4.90 Å². The van der Waals surface area contributed by atoms with Gasteiger partial charge in [-0.25, -0.2) is 0 Å². The minimum Gasteiger partial charge on any atom is -0.310 e. The van der Waals surface area contributed by atoms with Gasteiger partial charge in [0, 0.05) is 16.8 Å². The van der Waals surface area contributed by atoms with Crippen molar-refractivity contribution in [2.24, 2.45) is 0 Å². The van der Waals surface area contributed by atoms with E-state index in [1.807, 2.05) is 0 Å². The molecule has 0 atom stereocenters. The molecule has 0 bridgehead atoms. The summed E-state index contributed by atoms with van der Waals surface area (Å²) in [7, 11) is 0. The van der Waals surface area contributed by atoms with Gasteiger partial charge in [-0.15, -0.1) is 0 Å². The summed E-state index contributed by atoms with van der Waals surface area (Å²) in [5.74, 6) is 0. The van der Waals surface area contributed by atoms with E-state index in [0.717, 1.165) is 17.1 Å². The first-order valence-corrected chi connectivity index (χ1v) is 18.3. The number of rotatable bonds is 6. The van der Waals surface area contributed by atoms with Crippen LogP contribution in [0.2, 0.25) is 0 Å². The fourth-order valence-electron chi connectivity index (χ4n) is 8.11. The highest BCUT2D eigenvalue weighted by Gasteiger charge is 2.19. The third kappa shape index (κ3) is 5.42. The van der Waals surface area contributed by atoms with Crippen LogP contribution in [0.1, 0.15) is 0 Å². The molecule has 0 radical (unpaired) electrons. The molecule has 0 fully saturated rings. The molecule has 1 heteroatoms. The fraction of sp³-hybridized carbons (Fsp3) is 0. The summed E-state index contributed by atoms with van der Waals surface area (Å²) in [6.07, 6.45) is 0. The van der Waals surface area contributed by atoms with Crippen molar-refractivity contribution in [2.75, 3.05) is 4.90 Å². The Balaban J connectivity index is 1.13. The molecule has 0 saturated carbocycles. The molecule has 0 N–H and O–H groups in total. The molecule has 248 valence electrons. The summed E-state index contributed by atoms with van der Waals surface area (Å²) in [6, 6.07) is 77.2. The summed E-state index contributed by atoms with van der Waals surface area (Å²) in [5, 5.41) is 10.1. The largest absolute Gasteiger partial charge is 0.310 e. The molecule has 10 aromatic carbocycles. The van der Waals surface area contributed by atoms with Gasteiger partial charge in [0.2, 0.25) is 0 Å². The van der Waals surface area contributed by atoms with Gasteiger partial charge in [-0.1, -0.05) is 170 Å². The number of para-hydroxylation sites is 1. The summed E-state index contributed by atoms with van der Waals surface area (Å²) < 4.78 is 0. The number of anilines is 3. The van der Waals surface area contributed by atoms with Gasteiger partial charge in [0.1, 0.15) is 0 Å². The zero-order valence-corrected chi connectivity index (χ0v) is 29.2. The second-order valence-electron chi connectivity index (χ2n) is 13.7. The van der Waals surface area contributed by atoms with Crippen molar-refractivity contribution in [2.45, 2.75) is 0 Å². The predicted octanol–water partition coefficient (Wildman–Crippen LogP) is 14.8. The Morgan fingerprint density at radius 3 is 1.51 bits per heavy atom. The second kappa shape index (κ2) is 13.0. The molecule has 0 heterocycles. The summed E-state index contributed by atoms with van der Waals surface area (Å²) in [4.78, 5) is 2.39. The standard InChI is InChI=1S/C52H35N/c1-3-14-36(15-4-1)39-17-13-18-40(34-39)37-26-29-42(30-27-37)53(41-19-5-2-6-20-41)52-33-32-48(45-23-11-12-25-49(45)52)51-35-50-43-21-8-7-16-38(43)28-31-47(50)44-22-9-10-24-46(44)51/h1-35H. The van der Waals surface area contributed by atoms with Gasteiger partial charge in [-0.2, -0.15) is 0 Å². The van der Waals surface area contributed by atoms with Crippen molar-refractivity contribution in [1.82, 2.24) is 0 Å². The third-order valence-corrected chi connectivity index (χ3v) is 10.6. The van der Waals surface area contributed by atoms with Crippen molar-refractivity contribution < 1.29 is 0 Å². The maximum Gasteiger partial charge on any atom is 0.0540 e. The van der Waals surface area contributed by atoms with Gasteiger partial charge in [-0.3, -0.25) is 0 Å². The van der Waals surface area contributed by atoms with Crippen molar-refractivity contribution in [1.29, 1.82) is 0 Å². The van der Waals surface area contributed by atoms with Crippen LogP contribution in [0.4, 0.5) is 17.1 Å². The Morgan fingerprint density at radius 2 is 0.774 bits per heavy atom. The van der Waals surface area contributed by atoms with E-state index in [4.69, 9.17) is 0 Å². The van der Waals surface area contributed by atoms with E-state index >= 15 is 0 Å². The maximum absolute atomic E-state index is 2.42. The number of fused-ring (bicyclic) bond motifs is 6. The maximum atomic E-state index is 2.42. The topological polar surface area (TPSA) is 3.24 Å². The molecule has 0 aromatic heterocycles. The van der Waals surface area contributed by atoms with E-state index in [-0.39, 0.29) is 0 Å². The summed E-state index contributed by atoms with van der Waals surface area (Å²) in [6.45, 7) is 0. The molecular weight excluding hydrogens is 639 g/mol. The molecule has 0 saturated heterocycles. The van der Waals surface area contributed by atoms with Crippen molar-refractivity contribution >= 4 is 60.2 Å². The van der Waals surface area contributed by atoms with Crippen LogP contribution >= 0.6 is 0 Å². The van der Waals surface area contributed by atoms with Crippen molar-refractivity contribution in [3.63, 3.8) is 0 Å². The molecule has 0 aliphatic heterocycles. The van der Waals surface area contributed by atoms with Crippen molar-refractivity contribution in [3.05, 3.63) is 212 Å². The Labute approximate surface area is 309 Å². The van der Waals surface area contributed by atoms with Crippen LogP contribution in [0.3, 0.4) is 0 Å². The second-order valence-corrected chi connectivity index (χ2v) is 13.7. The molecule has 10 aromatic rings. The average molecular weight is 674 g/mol. The minimum absolute atomic E-state index is 1.11. The molecule has 0 aliphatic carbocycles. The smallest absolute Gasteiger partial charge is 0.0540 e. The lowest BCUT2D eigenvalue weighted by Gasteiger charge is -2.28. The lowest BCUT2D eigenvalue weighted by Crippen LogP contribution is -2.10. The van der Waals surface area contributed by atoms with E-state index in [1.165, 1.54) is 76.5 Å². The van der Waals surface area contributed by atoms with E-state index in [0.29, 0.717) is 0 Å². The number of benzene rings is 10. The number of nitrogens with zero attached hydrogens (tertiary/aromatic N) is 1. The molecular formula is C52H35N. The molecule has 1 nitrogen and oxygen atoms in total. The van der Waals surface area contributed by atoms with Gasteiger partial charge >= 0.3 is 0 Å². The van der Waals surface area contributed by atoms with E-state index in [2.05, 4.69) is 217 Å². The highest BCUT2D eigenvalue weighted by atomic mass is 15.1. The summed E-state index contributed by atoms with van der Waals surface area (Å²) >= 11 is 0. The van der Waals surface area contributed by atoms with Crippen LogP contribution in [0, 0.1) is 0 Å². The van der Waals surface area contributed by atoms with E-state index in [1.54, 1.807) is 0 Å². The van der Waals surface area contributed by atoms with Crippen LogP contribution in [0.25, 0.3) is 76.5 Å². The first-order chi connectivity index (χ1) is 26.3. The average Bonchev–Trinajstić information content (AvgIpc) is 3.24. The van der Waals surface area contributed by atoms with Gasteiger partial charge in [-0.05, 0) is 114 Å². The fourth-order valence-corrected chi connectivity index (χ4v) is 8.11. The monoisotopic (exact) mass is 673 g/mol. The van der Waals surface area contributed by atoms with Crippen LogP contribution < -0.4 is 4.90 Å². The summed E-state index contributed by atoms with van der Waals surface area (Å²) in [5.41, 5.74) is 10.7. The SMILES string of the molecule is c1ccc(-c2cccc(-c3ccc(N(c4ccccc4)c4ccc(-c5cc6c7ccccc7ccc6c6ccccc56)c5ccccc45)cc3)c2)cc1. The predicted molar refractivity (Wildman–Crippen MR) is 227 cm³/mol. The lowest BCUT2D eigenvalue weighted by atomic mass is 9.88. The normalized spacial score (nSPS) is 11.4. The minimum atomic E-state index is 1.11. The zero-order chi connectivity index (χ0) is 35.1. The molecule has 0 spiro atoms. The molecule has 0 amide bonds. The van der Waals surface area contributed by atoms with Crippen LogP contribution in [-0.4, -0.2) is 0 Å². The molecule has 10 rings (SSSR count).